The van der Waals surface area contributed by atoms with Crippen molar-refractivity contribution in [1.29, 1.82) is 0 Å². The number of anilines is 2. The fourth-order valence-electron chi connectivity index (χ4n) is 3.32. The van der Waals surface area contributed by atoms with E-state index >= 15 is 0 Å². The van der Waals surface area contributed by atoms with Gasteiger partial charge in [0, 0.05) is 11.8 Å². The molecule has 0 aliphatic rings. The molecule has 7 heteroatoms. The normalized spacial score (nSPS) is 10.9. The molecule has 7 nitrogen and oxygen atoms in total. The van der Waals surface area contributed by atoms with E-state index in [1.54, 1.807) is 46.6 Å². The van der Waals surface area contributed by atoms with Crippen molar-refractivity contribution in [3.8, 4) is 23.0 Å². The van der Waals surface area contributed by atoms with Crippen molar-refractivity contribution in [2.75, 3.05) is 39.5 Å². The lowest BCUT2D eigenvalue weighted by Gasteiger charge is -2.12. The Hall–Kier alpha value is -4.39. The molecule has 3 aromatic rings. The number of nitrogen functional groups attached to an aromatic ring is 1. The van der Waals surface area contributed by atoms with Crippen LogP contribution in [0.25, 0.3) is 18.2 Å². The maximum Gasteiger partial charge on any atom is 0.248 e. The number of amides is 1. The van der Waals surface area contributed by atoms with Gasteiger partial charge >= 0.3 is 0 Å². The largest absolute Gasteiger partial charge is 0.495 e. The molecule has 0 bridgehead atoms. The van der Waals surface area contributed by atoms with Gasteiger partial charge < -0.3 is 30.0 Å². The van der Waals surface area contributed by atoms with Crippen LogP contribution >= 0.6 is 0 Å². The maximum atomic E-state index is 12.4. The molecular formula is C27H28N2O5. The second kappa shape index (κ2) is 11.5. The minimum absolute atomic E-state index is 0.250. The van der Waals surface area contributed by atoms with E-state index in [9.17, 15) is 4.79 Å². The zero-order chi connectivity index (χ0) is 24.5. The van der Waals surface area contributed by atoms with E-state index in [0.717, 1.165) is 16.7 Å². The molecule has 0 aromatic heterocycles. The summed E-state index contributed by atoms with van der Waals surface area (Å²) in [6.45, 7) is 0. The van der Waals surface area contributed by atoms with Crippen LogP contribution in [0, 0.1) is 0 Å². The summed E-state index contributed by atoms with van der Waals surface area (Å²) in [6.07, 6.45) is 7.02. The highest BCUT2D eigenvalue weighted by atomic mass is 16.5. The maximum absolute atomic E-state index is 12.4. The van der Waals surface area contributed by atoms with Crippen LogP contribution in [0.3, 0.4) is 0 Å². The van der Waals surface area contributed by atoms with Crippen LogP contribution in [-0.2, 0) is 4.79 Å². The summed E-state index contributed by atoms with van der Waals surface area (Å²) >= 11 is 0. The molecule has 0 heterocycles. The number of hydrogen-bond acceptors (Lipinski definition) is 6. The first kappa shape index (κ1) is 24.3. The molecule has 3 aromatic carbocycles. The van der Waals surface area contributed by atoms with Crippen molar-refractivity contribution in [3.05, 3.63) is 77.4 Å². The van der Waals surface area contributed by atoms with Gasteiger partial charge in [-0.25, -0.2) is 0 Å². The van der Waals surface area contributed by atoms with Crippen LogP contribution in [0.2, 0.25) is 0 Å². The summed E-state index contributed by atoms with van der Waals surface area (Å²) in [5.74, 6) is 2.04. The topological polar surface area (TPSA) is 92.0 Å². The average Bonchev–Trinajstić information content (AvgIpc) is 2.85. The van der Waals surface area contributed by atoms with Gasteiger partial charge in [-0.05, 0) is 59.2 Å². The number of nitrogens with one attached hydrogen (secondary N) is 1. The molecular weight excluding hydrogens is 432 g/mol. The molecule has 0 atom stereocenters. The predicted octanol–water partition coefficient (Wildman–Crippen LogP) is 5.13. The van der Waals surface area contributed by atoms with E-state index in [1.165, 1.54) is 6.08 Å². The average molecular weight is 461 g/mol. The molecule has 0 aliphatic heterocycles. The number of carbonyl (C=O) groups is 1. The second-order valence-electron chi connectivity index (χ2n) is 7.24. The van der Waals surface area contributed by atoms with Crippen LogP contribution in [-0.4, -0.2) is 34.3 Å². The van der Waals surface area contributed by atoms with Gasteiger partial charge in [0.1, 0.15) is 5.75 Å². The molecule has 0 spiro atoms. The van der Waals surface area contributed by atoms with Gasteiger partial charge in [0.25, 0.3) is 0 Å². The fourth-order valence-corrected chi connectivity index (χ4v) is 3.32. The third-order valence-corrected chi connectivity index (χ3v) is 4.99. The lowest BCUT2D eigenvalue weighted by atomic mass is 10.1. The first-order chi connectivity index (χ1) is 16.5. The lowest BCUT2D eigenvalue weighted by Crippen LogP contribution is -2.07. The zero-order valence-electron chi connectivity index (χ0n) is 19.6. The van der Waals surface area contributed by atoms with Crippen molar-refractivity contribution in [2.45, 2.75) is 0 Å². The quantitative estimate of drug-likeness (QED) is 0.261. The Morgan fingerprint density at radius 1 is 0.735 bits per heavy atom. The van der Waals surface area contributed by atoms with Gasteiger partial charge in [-0.15, -0.1) is 0 Å². The number of benzene rings is 3. The van der Waals surface area contributed by atoms with Crippen LogP contribution in [0.15, 0.2) is 60.7 Å². The van der Waals surface area contributed by atoms with Crippen LogP contribution < -0.4 is 30.0 Å². The SMILES string of the molecule is COc1ccc(/C=C/C(=O)Nc2cccc(/C=C/c3cc(OC)c(OC)c(OC)c3)c2)cc1N. The summed E-state index contributed by atoms with van der Waals surface area (Å²) in [4.78, 5) is 12.4. The first-order valence-corrected chi connectivity index (χ1v) is 10.5. The van der Waals surface area contributed by atoms with E-state index in [2.05, 4.69) is 5.32 Å². The summed E-state index contributed by atoms with van der Waals surface area (Å²) in [5.41, 5.74) is 9.69. The van der Waals surface area contributed by atoms with Gasteiger partial charge in [0.15, 0.2) is 11.5 Å². The molecule has 34 heavy (non-hydrogen) atoms. The van der Waals surface area contributed by atoms with Crippen molar-refractivity contribution in [2.24, 2.45) is 0 Å². The fraction of sp³-hybridized carbons (Fsp3) is 0.148. The highest BCUT2D eigenvalue weighted by Crippen LogP contribution is 2.38. The van der Waals surface area contributed by atoms with Gasteiger partial charge in [-0.1, -0.05) is 30.4 Å². The number of hydrogen-bond donors (Lipinski definition) is 2. The van der Waals surface area contributed by atoms with E-state index in [4.69, 9.17) is 24.7 Å². The minimum atomic E-state index is -0.250. The van der Waals surface area contributed by atoms with E-state index in [-0.39, 0.29) is 5.91 Å². The Labute approximate surface area is 199 Å². The highest BCUT2D eigenvalue weighted by Gasteiger charge is 2.12. The van der Waals surface area contributed by atoms with Gasteiger partial charge in [-0.2, -0.15) is 0 Å². The number of methoxy groups -OCH3 is 4. The molecule has 0 unspecified atom stereocenters. The zero-order valence-corrected chi connectivity index (χ0v) is 19.6. The first-order valence-electron chi connectivity index (χ1n) is 10.5. The molecule has 0 saturated heterocycles. The van der Waals surface area contributed by atoms with Crippen LogP contribution in [0.1, 0.15) is 16.7 Å². The smallest absolute Gasteiger partial charge is 0.248 e. The third kappa shape index (κ3) is 6.10. The van der Waals surface area contributed by atoms with Crippen molar-refractivity contribution in [3.63, 3.8) is 0 Å². The molecule has 0 saturated carbocycles. The molecule has 3 N–H and O–H groups in total. The standard InChI is InChI=1S/C27H28N2O5/c1-31-23-12-10-19(15-22(23)28)11-13-26(30)29-21-7-5-6-18(14-21)8-9-20-16-24(32-2)27(34-4)25(17-20)33-3/h5-17H,28H2,1-4H3,(H,29,30)/b9-8+,13-11+. The Bertz CT molecular complexity index is 1190. The van der Waals surface area contributed by atoms with Crippen molar-refractivity contribution >= 4 is 35.5 Å². The van der Waals surface area contributed by atoms with Gasteiger partial charge in [0.2, 0.25) is 11.7 Å². The summed E-state index contributed by atoms with van der Waals surface area (Å²) in [5, 5.41) is 2.87. The van der Waals surface area contributed by atoms with Gasteiger partial charge in [0.05, 0.1) is 34.1 Å². The molecule has 0 radical (unpaired) electrons. The van der Waals surface area contributed by atoms with Gasteiger partial charge in [-0.3, -0.25) is 4.79 Å². The molecule has 0 fully saturated rings. The van der Waals surface area contributed by atoms with E-state index < -0.39 is 0 Å². The summed E-state index contributed by atoms with van der Waals surface area (Å²) in [7, 11) is 6.28. The minimum Gasteiger partial charge on any atom is -0.495 e. The Kier molecular flexibility index (Phi) is 8.18. The lowest BCUT2D eigenvalue weighted by molar-refractivity contribution is -0.111. The number of ether oxygens (including phenoxy) is 4. The predicted molar refractivity (Wildman–Crippen MR) is 137 cm³/mol. The number of carbonyl (C=O) groups excluding carboxylic acids is 1. The van der Waals surface area contributed by atoms with Crippen LogP contribution in [0.4, 0.5) is 11.4 Å². The Balaban J connectivity index is 1.71. The third-order valence-electron chi connectivity index (χ3n) is 4.99. The van der Waals surface area contributed by atoms with Crippen LogP contribution in [0.5, 0.6) is 23.0 Å². The molecule has 176 valence electrons. The number of nitrogens with two attached hydrogens (primary N) is 1. The van der Waals surface area contributed by atoms with E-state index in [1.807, 2.05) is 54.6 Å². The van der Waals surface area contributed by atoms with Crippen molar-refractivity contribution in [1.82, 2.24) is 0 Å². The Morgan fingerprint density at radius 3 is 2.00 bits per heavy atom. The van der Waals surface area contributed by atoms with Crippen molar-refractivity contribution < 1.29 is 23.7 Å². The molecule has 0 aliphatic carbocycles. The molecule has 1 amide bonds. The highest BCUT2D eigenvalue weighted by molar-refractivity contribution is 6.02. The number of rotatable bonds is 9. The summed E-state index contributed by atoms with van der Waals surface area (Å²) < 4.78 is 21.3. The Morgan fingerprint density at radius 2 is 1.38 bits per heavy atom. The molecule has 3 rings (SSSR count). The monoisotopic (exact) mass is 460 g/mol. The van der Waals surface area contributed by atoms with E-state index in [0.29, 0.717) is 34.4 Å². The summed E-state index contributed by atoms with van der Waals surface area (Å²) in [6, 6.07) is 16.6. The second-order valence-corrected chi connectivity index (χ2v) is 7.24.